The highest BCUT2D eigenvalue weighted by atomic mass is 15.0. The first-order chi connectivity index (χ1) is 6.29. The summed E-state index contributed by atoms with van der Waals surface area (Å²) < 4.78 is 0. The minimum absolute atomic E-state index is 0.677. The maximum atomic E-state index is 3.80. The van der Waals surface area contributed by atoms with Crippen LogP contribution in [0.3, 0.4) is 0 Å². The van der Waals surface area contributed by atoms with E-state index in [1.807, 2.05) is 0 Å². The lowest BCUT2D eigenvalue weighted by Crippen LogP contribution is -2.39. The monoisotopic (exact) mass is 179 g/mol. The summed E-state index contributed by atoms with van der Waals surface area (Å²) >= 11 is 0. The fourth-order valence-corrected chi connectivity index (χ4v) is 3.45. The average Bonchev–Trinajstić information content (AvgIpc) is 2.54. The number of hydrogen-bond acceptors (Lipinski definition) is 1. The van der Waals surface area contributed by atoms with E-state index in [-0.39, 0.29) is 0 Å². The lowest BCUT2D eigenvalue weighted by Gasteiger charge is -2.38. The number of rotatable bonds is 3. The summed E-state index contributed by atoms with van der Waals surface area (Å²) in [5.74, 6) is 2.17. The maximum Gasteiger partial charge on any atom is 0.0130 e. The van der Waals surface area contributed by atoms with Gasteiger partial charge in [0.05, 0.1) is 0 Å². The van der Waals surface area contributed by atoms with Crippen LogP contribution in [-0.4, -0.2) is 12.6 Å². The second kappa shape index (κ2) is 2.73. The lowest BCUT2D eigenvalue weighted by molar-refractivity contribution is 0.154. The largest absolute Gasteiger partial charge is 0.313 e. The van der Waals surface area contributed by atoms with E-state index >= 15 is 0 Å². The van der Waals surface area contributed by atoms with Crippen molar-refractivity contribution in [3.05, 3.63) is 0 Å². The number of hydrogen-bond donors (Lipinski definition) is 1. The fraction of sp³-hybridized carbons (Fsp3) is 1.00. The molecule has 1 N–H and O–H groups in total. The minimum atomic E-state index is 0.677. The molecule has 0 heterocycles. The van der Waals surface area contributed by atoms with Crippen LogP contribution in [-0.2, 0) is 0 Å². The van der Waals surface area contributed by atoms with Gasteiger partial charge in [-0.2, -0.15) is 0 Å². The molecule has 3 saturated carbocycles. The lowest BCUT2D eigenvalue weighted by atomic mass is 9.70. The summed E-state index contributed by atoms with van der Waals surface area (Å²) in [7, 11) is 0. The van der Waals surface area contributed by atoms with Crippen molar-refractivity contribution in [1.82, 2.24) is 5.32 Å². The van der Waals surface area contributed by atoms with E-state index in [9.17, 15) is 0 Å². The van der Waals surface area contributed by atoms with Gasteiger partial charge in [-0.15, -0.1) is 0 Å². The predicted octanol–water partition coefficient (Wildman–Crippen LogP) is 2.56. The van der Waals surface area contributed by atoms with Crippen molar-refractivity contribution in [3.8, 4) is 0 Å². The highest BCUT2D eigenvalue weighted by Crippen LogP contribution is 2.52. The zero-order valence-corrected chi connectivity index (χ0v) is 8.68. The van der Waals surface area contributed by atoms with Gasteiger partial charge in [-0.25, -0.2) is 0 Å². The van der Waals surface area contributed by atoms with Crippen LogP contribution in [0.2, 0.25) is 0 Å². The van der Waals surface area contributed by atoms with Gasteiger partial charge in [0.25, 0.3) is 0 Å². The number of nitrogens with one attached hydrogen (secondary N) is 1. The Bertz CT molecular complexity index is 197. The molecule has 13 heavy (non-hydrogen) atoms. The van der Waals surface area contributed by atoms with Gasteiger partial charge in [-0.3, -0.25) is 0 Å². The van der Waals surface area contributed by atoms with Gasteiger partial charge < -0.3 is 5.32 Å². The first-order valence-corrected chi connectivity index (χ1v) is 6.02. The summed E-state index contributed by atoms with van der Waals surface area (Å²) in [6.07, 6.45) is 8.92. The van der Waals surface area contributed by atoms with E-state index in [0.29, 0.717) is 5.41 Å². The second-order valence-electron chi connectivity index (χ2n) is 5.83. The highest BCUT2D eigenvalue weighted by molar-refractivity contribution is 5.07. The molecule has 2 atom stereocenters. The minimum Gasteiger partial charge on any atom is -0.313 e. The quantitative estimate of drug-likeness (QED) is 0.702. The molecule has 74 valence electrons. The van der Waals surface area contributed by atoms with Crippen LogP contribution < -0.4 is 5.32 Å². The molecule has 0 spiro atoms. The Morgan fingerprint density at radius 2 is 1.85 bits per heavy atom. The predicted molar refractivity (Wildman–Crippen MR) is 54.6 cm³/mol. The second-order valence-corrected chi connectivity index (χ2v) is 5.83. The van der Waals surface area contributed by atoms with Crippen molar-refractivity contribution in [1.29, 1.82) is 0 Å². The zero-order chi connectivity index (χ0) is 8.89. The molecule has 3 aliphatic rings. The van der Waals surface area contributed by atoms with Crippen molar-refractivity contribution in [2.45, 2.75) is 51.5 Å². The molecular formula is C12H21N. The molecule has 0 aromatic rings. The van der Waals surface area contributed by atoms with Crippen molar-refractivity contribution in [3.63, 3.8) is 0 Å². The third kappa shape index (κ3) is 1.32. The van der Waals surface area contributed by atoms with Crippen molar-refractivity contribution in [2.24, 2.45) is 17.3 Å². The molecule has 3 rings (SSSR count). The molecule has 0 saturated heterocycles. The van der Waals surface area contributed by atoms with Crippen LogP contribution in [0.25, 0.3) is 0 Å². The maximum absolute atomic E-state index is 3.80. The smallest absolute Gasteiger partial charge is 0.0130 e. The molecule has 0 aliphatic heterocycles. The van der Waals surface area contributed by atoms with Crippen molar-refractivity contribution >= 4 is 0 Å². The molecule has 0 amide bonds. The van der Waals surface area contributed by atoms with Crippen LogP contribution in [0.5, 0.6) is 0 Å². The summed E-state index contributed by atoms with van der Waals surface area (Å²) in [6, 6.07) is 0.936. The Labute approximate surface area is 81.3 Å². The van der Waals surface area contributed by atoms with E-state index in [2.05, 4.69) is 12.2 Å². The molecule has 3 fully saturated rings. The van der Waals surface area contributed by atoms with Crippen LogP contribution in [0.4, 0.5) is 0 Å². The molecule has 1 heteroatoms. The van der Waals surface area contributed by atoms with E-state index in [0.717, 1.165) is 17.9 Å². The summed E-state index contributed by atoms with van der Waals surface area (Å²) in [4.78, 5) is 0. The van der Waals surface area contributed by atoms with E-state index in [1.165, 1.54) is 45.1 Å². The SMILES string of the molecule is CC1(CNC2C3CCCC32)CCC1. The molecule has 0 aromatic carbocycles. The summed E-state index contributed by atoms with van der Waals surface area (Å²) in [5, 5.41) is 3.80. The molecule has 2 unspecified atom stereocenters. The zero-order valence-electron chi connectivity index (χ0n) is 8.68. The van der Waals surface area contributed by atoms with Gasteiger partial charge in [-0.05, 0) is 42.9 Å². The first kappa shape index (κ1) is 8.28. The fourth-order valence-electron chi connectivity index (χ4n) is 3.45. The van der Waals surface area contributed by atoms with E-state index in [4.69, 9.17) is 0 Å². The van der Waals surface area contributed by atoms with Gasteiger partial charge in [0.2, 0.25) is 0 Å². The Morgan fingerprint density at radius 3 is 2.38 bits per heavy atom. The average molecular weight is 179 g/mol. The van der Waals surface area contributed by atoms with E-state index < -0.39 is 0 Å². The number of fused-ring (bicyclic) bond motifs is 1. The molecule has 0 radical (unpaired) electrons. The van der Waals surface area contributed by atoms with Gasteiger partial charge in [0, 0.05) is 12.6 Å². The Hall–Kier alpha value is -0.0400. The van der Waals surface area contributed by atoms with Gasteiger partial charge in [0.1, 0.15) is 0 Å². The summed E-state index contributed by atoms with van der Waals surface area (Å²) in [6.45, 7) is 3.74. The molecular weight excluding hydrogens is 158 g/mol. The standard InChI is InChI=1S/C12H21N/c1-12(6-3-7-12)8-13-11-9-4-2-5-10(9)11/h9-11,13H,2-8H2,1H3. The third-order valence-corrected chi connectivity index (χ3v) is 4.73. The van der Waals surface area contributed by atoms with Gasteiger partial charge in [0.15, 0.2) is 0 Å². The van der Waals surface area contributed by atoms with E-state index in [1.54, 1.807) is 0 Å². The third-order valence-electron chi connectivity index (χ3n) is 4.73. The van der Waals surface area contributed by atoms with Crippen molar-refractivity contribution in [2.75, 3.05) is 6.54 Å². The van der Waals surface area contributed by atoms with Gasteiger partial charge >= 0.3 is 0 Å². The van der Waals surface area contributed by atoms with Crippen LogP contribution in [0.1, 0.15) is 45.4 Å². The van der Waals surface area contributed by atoms with Crippen LogP contribution >= 0.6 is 0 Å². The van der Waals surface area contributed by atoms with Crippen LogP contribution in [0, 0.1) is 17.3 Å². The topological polar surface area (TPSA) is 12.0 Å². The molecule has 0 aromatic heterocycles. The highest BCUT2D eigenvalue weighted by Gasteiger charge is 2.52. The Kier molecular flexibility index (Phi) is 1.74. The Balaban J connectivity index is 1.45. The Morgan fingerprint density at radius 1 is 1.15 bits per heavy atom. The first-order valence-electron chi connectivity index (χ1n) is 6.02. The van der Waals surface area contributed by atoms with Gasteiger partial charge in [-0.1, -0.05) is 19.8 Å². The normalized spacial score (nSPS) is 45.5. The van der Waals surface area contributed by atoms with Crippen molar-refractivity contribution < 1.29 is 0 Å². The molecule has 3 aliphatic carbocycles. The molecule has 1 nitrogen and oxygen atoms in total. The summed E-state index contributed by atoms with van der Waals surface area (Å²) in [5.41, 5.74) is 0.677. The molecule has 0 bridgehead atoms. The van der Waals surface area contributed by atoms with Crippen LogP contribution in [0.15, 0.2) is 0 Å².